The number of furan rings is 1. The molecule has 112 valence electrons. The van der Waals surface area contributed by atoms with Crippen molar-refractivity contribution in [3.63, 3.8) is 0 Å². The molecule has 2 aromatic rings. The Morgan fingerprint density at radius 3 is 2.86 bits per heavy atom. The second-order valence-corrected chi connectivity index (χ2v) is 6.27. The molecule has 1 saturated carbocycles. The standard InChI is InChI=1S/C18H22O3/c1-12-7-8-14(9-13(12)2)20-11-17(19)16-10-21-18-6-4-3-5-15(16)18/h3-6,10,12-14H,7-9,11H2,1-2H3. The highest BCUT2D eigenvalue weighted by Gasteiger charge is 2.26. The van der Waals surface area contributed by atoms with Crippen molar-refractivity contribution in [1.29, 1.82) is 0 Å². The molecule has 0 saturated heterocycles. The molecule has 3 nitrogen and oxygen atoms in total. The van der Waals surface area contributed by atoms with Crippen LogP contribution in [-0.2, 0) is 4.74 Å². The predicted molar refractivity (Wildman–Crippen MR) is 82.5 cm³/mol. The van der Waals surface area contributed by atoms with Crippen LogP contribution in [0.25, 0.3) is 11.0 Å². The van der Waals surface area contributed by atoms with Gasteiger partial charge in [0.25, 0.3) is 0 Å². The number of benzene rings is 1. The first-order valence-corrected chi connectivity index (χ1v) is 7.76. The lowest BCUT2D eigenvalue weighted by Crippen LogP contribution is -2.28. The first kappa shape index (κ1) is 14.3. The number of para-hydroxylation sites is 1. The maximum atomic E-state index is 12.3. The second kappa shape index (κ2) is 6.02. The monoisotopic (exact) mass is 286 g/mol. The number of hydrogen-bond donors (Lipinski definition) is 0. The zero-order valence-electron chi connectivity index (χ0n) is 12.7. The molecule has 3 atom stereocenters. The van der Waals surface area contributed by atoms with Gasteiger partial charge in [-0.3, -0.25) is 4.79 Å². The summed E-state index contributed by atoms with van der Waals surface area (Å²) in [4.78, 5) is 12.3. The smallest absolute Gasteiger partial charge is 0.192 e. The number of carbonyl (C=O) groups excluding carboxylic acids is 1. The Labute approximate surface area is 125 Å². The average Bonchev–Trinajstić information content (AvgIpc) is 2.92. The summed E-state index contributed by atoms with van der Waals surface area (Å²) < 4.78 is 11.3. The van der Waals surface area contributed by atoms with Gasteiger partial charge >= 0.3 is 0 Å². The van der Waals surface area contributed by atoms with Crippen LogP contribution in [0.2, 0.25) is 0 Å². The summed E-state index contributed by atoms with van der Waals surface area (Å²) in [5.74, 6) is 1.44. The Morgan fingerprint density at radius 2 is 2.05 bits per heavy atom. The number of Topliss-reactive ketones (excluding diaryl/α,β-unsaturated/α-hetero) is 1. The second-order valence-electron chi connectivity index (χ2n) is 6.27. The van der Waals surface area contributed by atoms with E-state index in [1.54, 1.807) is 6.26 Å². The molecule has 0 amide bonds. The molecule has 0 spiro atoms. The normalized spacial score (nSPS) is 26.1. The van der Waals surface area contributed by atoms with E-state index >= 15 is 0 Å². The van der Waals surface area contributed by atoms with Gasteiger partial charge < -0.3 is 9.15 Å². The highest BCUT2D eigenvalue weighted by molar-refractivity contribution is 6.07. The first-order chi connectivity index (χ1) is 10.1. The lowest BCUT2D eigenvalue weighted by atomic mass is 9.80. The van der Waals surface area contributed by atoms with Crippen LogP contribution in [0.15, 0.2) is 34.9 Å². The highest BCUT2D eigenvalue weighted by Crippen LogP contribution is 2.31. The zero-order valence-corrected chi connectivity index (χ0v) is 12.7. The van der Waals surface area contributed by atoms with Gasteiger partial charge in [-0.1, -0.05) is 32.0 Å². The minimum absolute atomic E-state index is 0.00576. The van der Waals surface area contributed by atoms with Crippen LogP contribution in [0.4, 0.5) is 0 Å². The van der Waals surface area contributed by atoms with Crippen molar-refractivity contribution >= 4 is 16.8 Å². The van der Waals surface area contributed by atoms with Crippen LogP contribution in [0.1, 0.15) is 43.5 Å². The van der Waals surface area contributed by atoms with Gasteiger partial charge in [-0.15, -0.1) is 0 Å². The molecule has 0 bridgehead atoms. The lowest BCUT2D eigenvalue weighted by molar-refractivity contribution is 0.00711. The molecule has 1 aliphatic carbocycles. The molecule has 1 heterocycles. The van der Waals surface area contributed by atoms with Crippen molar-refractivity contribution < 1.29 is 13.9 Å². The number of rotatable bonds is 4. The maximum Gasteiger partial charge on any atom is 0.192 e. The van der Waals surface area contributed by atoms with Crippen molar-refractivity contribution in [3.8, 4) is 0 Å². The third kappa shape index (κ3) is 3.03. The van der Waals surface area contributed by atoms with Gasteiger partial charge in [-0.25, -0.2) is 0 Å². The van der Waals surface area contributed by atoms with Crippen molar-refractivity contribution in [2.75, 3.05) is 6.61 Å². The summed E-state index contributed by atoms with van der Waals surface area (Å²) in [6.07, 6.45) is 5.07. The van der Waals surface area contributed by atoms with Gasteiger partial charge in [-0.2, -0.15) is 0 Å². The van der Waals surface area contributed by atoms with Crippen molar-refractivity contribution in [2.24, 2.45) is 11.8 Å². The molecule has 1 fully saturated rings. The zero-order chi connectivity index (χ0) is 14.8. The first-order valence-electron chi connectivity index (χ1n) is 7.76. The minimum atomic E-state index is 0.00576. The molecule has 0 radical (unpaired) electrons. The minimum Gasteiger partial charge on any atom is -0.464 e. The van der Waals surface area contributed by atoms with Gasteiger partial charge in [0.05, 0.1) is 11.7 Å². The average molecular weight is 286 g/mol. The number of fused-ring (bicyclic) bond motifs is 1. The van der Waals surface area contributed by atoms with E-state index in [0.717, 1.165) is 29.7 Å². The summed E-state index contributed by atoms with van der Waals surface area (Å²) in [5.41, 5.74) is 1.38. The Bertz CT molecular complexity index is 628. The van der Waals surface area contributed by atoms with Gasteiger partial charge in [0.1, 0.15) is 18.5 Å². The van der Waals surface area contributed by atoms with Crippen molar-refractivity contribution in [3.05, 3.63) is 36.1 Å². The molecule has 1 aromatic heterocycles. The molecule has 0 N–H and O–H groups in total. The topological polar surface area (TPSA) is 39.4 Å². The van der Waals surface area contributed by atoms with E-state index in [-0.39, 0.29) is 18.5 Å². The van der Waals surface area contributed by atoms with Gasteiger partial charge in [0.15, 0.2) is 5.78 Å². The SMILES string of the molecule is CC1CCC(OCC(=O)c2coc3ccccc23)CC1C. The number of hydrogen-bond acceptors (Lipinski definition) is 3. The van der Waals surface area contributed by atoms with E-state index in [2.05, 4.69) is 13.8 Å². The van der Waals surface area contributed by atoms with Crippen LogP contribution in [0.5, 0.6) is 0 Å². The quantitative estimate of drug-likeness (QED) is 0.779. The van der Waals surface area contributed by atoms with Gasteiger partial charge in [0.2, 0.25) is 0 Å². The fourth-order valence-corrected chi connectivity index (χ4v) is 3.11. The maximum absolute atomic E-state index is 12.3. The molecule has 3 heteroatoms. The highest BCUT2D eigenvalue weighted by atomic mass is 16.5. The fraction of sp³-hybridized carbons (Fsp3) is 0.500. The summed E-state index contributed by atoms with van der Waals surface area (Å²) in [6.45, 7) is 4.71. The Balaban J connectivity index is 1.62. The third-order valence-electron chi connectivity index (χ3n) is 4.78. The van der Waals surface area contributed by atoms with Crippen molar-refractivity contribution in [2.45, 2.75) is 39.2 Å². The third-order valence-corrected chi connectivity index (χ3v) is 4.78. The molecular formula is C18H22O3. The van der Waals surface area contributed by atoms with E-state index in [1.807, 2.05) is 24.3 Å². The van der Waals surface area contributed by atoms with Crippen LogP contribution in [-0.4, -0.2) is 18.5 Å². The van der Waals surface area contributed by atoms with Crippen LogP contribution < -0.4 is 0 Å². The van der Waals surface area contributed by atoms with Gasteiger partial charge in [0, 0.05) is 5.39 Å². The number of ketones is 1. The summed E-state index contributed by atoms with van der Waals surface area (Å²) >= 11 is 0. The fourth-order valence-electron chi connectivity index (χ4n) is 3.11. The molecule has 1 aliphatic rings. The molecule has 3 unspecified atom stereocenters. The van der Waals surface area contributed by atoms with E-state index in [9.17, 15) is 4.79 Å². The number of ether oxygens (including phenoxy) is 1. The van der Waals surface area contributed by atoms with E-state index in [0.29, 0.717) is 11.5 Å². The molecular weight excluding hydrogens is 264 g/mol. The molecule has 0 aliphatic heterocycles. The summed E-state index contributed by atoms with van der Waals surface area (Å²) in [6, 6.07) is 7.61. The molecule has 21 heavy (non-hydrogen) atoms. The Kier molecular flexibility index (Phi) is 4.11. The summed E-state index contributed by atoms with van der Waals surface area (Å²) in [7, 11) is 0. The Hall–Kier alpha value is -1.61. The Morgan fingerprint density at radius 1 is 1.24 bits per heavy atom. The molecule has 1 aromatic carbocycles. The van der Waals surface area contributed by atoms with Crippen LogP contribution in [0.3, 0.4) is 0 Å². The van der Waals surface area contributed by atoms with Crippen molar-refractivity contribution in [1.82, 2.24) is 0 Å². The predicted octanol–water partition coefficient (Wildman–Crippen LogP) is 4.46. The van der Waals surface area contributed by atoms with Crippen LogP contribution >= 0.6 is 0 Å². The lowest BCUT2D eigenvalue weighted by Gasteiger charge is -2.31. The summed E-state index contributed by atoms with van der Waals surface area (Å²) in [5, 5.41) is 0.872. The van der Waals surface area contributed by atoms with Gasteiger partial charge in [-0.05, 0) is 37.2 Å². The number of carbonyl (C=O) groups is 1. The van der Waals surface area contributed by atoms with E-state index < -0.39 is 0 Å². The van der Waals surface area contributed by atoms with E-state index in [4.69, 9.17) is 9.15 Å². The largest absolute Gasteiger partial charge is 0.464 e. The van der Waals surface area contributed by atoms with Crippen LogP contribution in [0, 0.1) is 11.8 Å². The molecule has 3 rings (SSSR count). The van der Waals surface area contributed by atoms with E-state index in [1.165, 1.54) is 6.42 Å².